The Morgan fingerprint density at radius 1 is 1.19 bits per heavy atom. The highest BCUT2D eigenvalue weighted by molar-refractivity contribution is 8.18. The average Bonchev–Trinajstić information content (AvgIpc) is 3.47. The molecule has 1 aromatic heterocycles. The van der Waals surface area contributed by atoms with Gasteiger partial charge in [-0.1, -0.05) is 35.9 Å². The van der Waals surface area contributed by atoms with E-state index >= 15 is 0 Å². The summed E-state index contributed by atoms with van der Waals surface area (Å²) in [5.74, 6) is -1.05. The van der Waals surface area contributed by atoms with Gasteiger partial charge in [-0.05, 0) is 41.8 Å². The molecular formula is C23H23N3O4S2. The monoisotopic (exact) mass is 469 g/mol. The molecule has 166 valence electrons. The smallest absolute Gasteiger partial charge is 0.293 e. The van der Waals surface area contributed by atoms with Gasteiger partial charge in [-0.2, -0.15) is 0 Å². The summed E-state index contributed by atoms with van der Waals surface area (Å²) in [6, 6.07) is 11.7. The zero-order chi connectivity index (χ0) is 22.7. The quantitative estimate of drug-likeness (QED) is 0.629. The number of hydrogen-bond acceptors (Lipinski definition) is 6. The summed E-state index contributed by atoms with van der Waals surface area (Å²) in [5.41, 5.74) is 2.18. The molecule has 32 heavy (non-hydrogen) atoms. The number of thiophene rings is 1. The number of nitrogens with zero attached hydrogens (tertiary/aromatic N) is 2. The van der Waals surface area contributed by atoms with Crippen LogP contribution in [0, 0.1) is 12.8 Å². The van der Waals surface area contributed by atoms with E-state index in [9.17, 15) is 19.2 Å². The van der Waals surface area contributed by atoms with Crippen LogP contribution in [0.5, 0.6) is 0 Å². The van der Waals surface area contributed by atoms with Crippen LogP contribution in [0.2, 0.25) is 0 Å². The minimum Gasteiger partial charge on any atom is -0.354 e. The Morgan fingerprint density at radius 3 is 2.69 bits per heavy atom. The molecule has 2 aromatic rings. The van der Waals surface area contributed by atoms with Crippen molar-refractivity contribution in [3.05, 3.63) is 62.7 Å². The molecule has 4 amide bonds. The van der Waals surface area contributed by atoms with Crippen LogP contribution in [0.4, 0.5) is 4.79 Å². The standard InChI is InChI=1S/C23H23N3O4S2/c1-15-4-6-16(7-5-15)13-25-14-17(11-20(25)27)21(28)24-8-9-26-22(29)19(32-23(26)30)12-18-3-2-10-31-18/h2-7,10,12,17H,8-9,11,13-14H2,1H3,(H,24,28)/b19-12-. The highest BCUT2D eigenvalue weighted by Crippen LogP contribution is 2.32. The van der Waals surface area contributed by atoms with Crippen molar-refractivity contribution in [3.63, 3.8) is 0 Å². The van der Waals surface area contributed by atoms with Crippen molar-refractivity contribution in [2.45, 2.75) is 19.9 Å². The Hall–Kier alpha value is -2.91. The Bertz CT molecular complexity index is 1060. The number of carbonyl (C=O) groups is 4. The lowest BCUT2D eigenvalue weighted by Gasteiger charge is -2.17. The van der Waals surface area contributed by atoms with E-state index in [0.717, 1.165) is 32.7 Å². The molecule has 1 N–H and O–H groups in total. The maximum Gasteiger partial charge on any atom is 0.293 e. The largest absolute Gasteiger partial charge is 0.354 e. The van der Waals surface area contributed by atoms with E-state index in [1.165, 1.54) is 11.3 Å². The molecule has 2 aliphatic heterocycles. The molecule has 4 rings (SSSR count). The van der Waals surface area contributed by atoms with E-state index in [1.807, 2.05) is 48.7 Å². The summed E-state index contributed by atoms with van der Waals surface area (Å²) in [6.45, 7) is 3.12. The maximum absolute atomic E-state index is 12.6. The molecule has 2 fully saturated rings. The number of hydrogen-bond donors (Lipinski definition) is 1. The van der Waals surface area contributed by atoms with Crippen LogP contribution < -0.4 is 5.32 Å². The van der Waals surface area contributed by atoms with Crippen molar-refractivity contribution in [2.75, 3.05) is 19.6 Å². The number of imide groups is 1. The van der Waals surface area contributed by atoms with Gasteiger partial charge in [-0.15, -0.1) is 11.3 Å². The van der Waals surface area contributed by atoms with Crippen LogP contribution in [0.3, 0.4) is 0 Å². The second-order valence-electron chi connectivity index (χ2n) is 7.80. The van der Waals surface area contributed by atoms with Crippen LogP contribution in [0.1, 0.15) is 22.4 Å². The molecule has 9 heteroatoms. The first-order valence-corrected chi connectivity index (χ1v) is 12.0. The highest BCUT2D eigenvalue weighted by Gasteiger charge is 2.36. The Labute approximate surface area is 194 Å². The van der Waals surface area contributed by atoms with Crippen LogP contribution in [-0.2, 0) is 20.9 Å². The summed E-state index contributed by atoms with van der Waals surface area (Å²) in [7, 11) is 0. The third-order valence-corrected chi connectivity index (χ3v) is 7.13. The van der Waals surface area contributed by atoms with Crippen LogP contribution in [0.15, 0.2) is 46.7 Å². The van der Waals surface area contributed by atoms with Crippen molar-refractivity contribution in [1.29, 1.82) is 0 Å². The van der Waals surface area contributed by atoms with E-state index in [-0.39, 0.29) is 42.5 Å². The van der Waals surface area contributed by atoms with Crippen LogP contribution in [0.25, 0.3) is 6.08 Å². The first-order chi connectivity index (χ1) is 15.4. The molecule has 7 nitrogen and oxygen atoms in total. The van der Waals surface area contributed by atoms with Gasteiger partial charge in [0.15, 0.2) is 0 Å². The third kappa shape index (κ3) is 5.11. The van der Waals surface area contributed by atoms with Gasteiger partial charge in [-0.25, -0.2) is 0 Å². The van der Waals surface area contributed by atoms with Gasteiger partial charge < -0.3 is 10.2 Å². The average molecular weight is 470 g/mol. The SMILES string of the molecule is Cc1ccc(CN2CC(C(=O)NCCN3C(=O)S/C(=C\c4cccs4)C3=O)CC2=O)cc1. The van der Waals surface area contributed by atoms with Gasteiger partial charge in [0.25, 0.3) is 11.1 Å². The predicted molar refractivity (Wildman–Crippen MR) is 125 cm³/mol. The Morgan fingerprint density at radius 2 is 1.97 bits per heavy atom. The number of rotatable bonds is 7. The van der Waals surface area contributed by atoms with Crippen molar-refractivity contribution < 1.29 is 19.2 Å². The molecule has 1 unspecified atom stereocenters. The number of benzene rings is 1. The zero-order valence-electron chi connectivity index (χ0n) is 17.6. The molecule has 2 aliphatic rings. The van der Waals surface area contributed by atoms with Crippen molar-refractivity contribution in [3.8, 4) is 0 Å². The zero-order valence-corrected chi connectivity index (χ0v) is 19.2. The van der Waals surface area contributed by atoms with Gasteiger partial charge in [0, 0.05) is 37.5 Å². The molecule has 0 spiro atoms. The molecule has 3 heterocycles. The van der Waals surface area contributed by atoms with Gasteiger partial charge in [0.2, 0.25) is 11.8 Å². The number of amides is 4. The van der Waals surface area contributed by atoms with Gasteiger partial charge >= 0.3 is 0 Å². The van der Waals surface area contributed by atoms with Crippen LogP contribution in [-0.4, -0.2) is 52.4 Å². The molecule has 1 atom stereocenters. The maximum atomic E-state index is 12.6. The first-order valence-electron chi connectivity index (χ1n) is 10.3. The molecule has 0 bridgehead atoms. The van der Waals surface area contributed by atoms with Crippen molar-refractivity contribution >= 4 is 52.1 Å². The van der Waals surface area contributed by atoms with E-state index in [1.54, 1.807) is 11.0 Å². The number of nitrogens with one attached hydrogen (secondary N) is 1. The number of aryl methyl sites for hydroxylation is 1. The molecule has 2 saturated heterocycles. The molecular weight excluding hydrogens is 446 g/mol. The van der Waals surface area contributed by atoms with Gasteiger partial charge in [0.1, 0.15) is 0 Å². The van der Waals surface area contributed by atoms with Gasteiger partial charge in [-0.3, -0.25) is 24.1 Å². The summed E-state index contributed by atoms with van der Waals surface area (Å²) in [5, 5.41) is 4.34. The van der Waals surface area contributed by atoms with E-state index in [4.69, 9.17) is 0 Å². The van der Waals surface area contributed by atoms with Gasteiger partial charge in [0.05, 0.1) is 10.8 Å². The number of carbonyl (C=O) groups excluding carboxylic acids is 4. The lowest BCUT2D eigenvalue weighted by Crippen LogP contribution is -2.40. The minimum absolute atomic E-state index is 0.0459. The fraction of sp³-hybridized carbons (Fsp3) is 0.304. The fourth-order valence-corrected chi connectivity index (χ4v) is 5.23. The second kappa shape index (κ2) is 9.70. The van der Waals surface area contributed by atoms with Crippen molar-refractivity contribution in [1.82, 2.24) is 15.1 Å². The highest BCUT2D eigenvalue weighted by atomic mass is 32.2. The van der Waals surface area contributed by atoms with E-state index < -0.39 is 5.92 Å². The predicted octanol–water partition coefficient (Wildman–Crippen LogP) is 3.26. The molecule has 0 saturated carbocycles. The summed E-state index contributed by atoms with van der Waals surface area (Å²) < 4.78 is 0. The first kappa shape index (κ1) is 22.3. The fourth-order valence-electron chi connectivity index (χ4n) is 3.65. The van der Waals surface area contributed by atoms with Crippen LogP contribution >= 0.6 is 23.1 Å². The van der Waals surface area contributed by atoms with Crippen molar-refractivity contribution in [2.24, 2.45) is 5.92 Å². The number of likely N-dealkylation sites (tertiary alicyclic amines) is 1. The topological polar surface area (TPSA) is 86.8 Å². The normalized spacial score (nSPS) is 20.0. The second-order valence-corrected chi connectivity index (χ2v) is 9.77. The van der Waals surface area contributed by atoms with E-state index in [0.29, 0.717) is 18.0 Å². The number of thioether (sulfide) groups is 1. The lowest BCUT2D eigenvalue weighted by atomic mass is 10.1. The molecule has 0 aliphatic carbocycles. The molecule has 1 aromatic carbocycles. The summed E-state index contributed by atoms with van der Waals surface area (Å²) in [6.07, 6.45) is 1.88. The summed E-state index contributed by atoms with van der Waals surface area (Å²) in [4.78, 5) is 53.7. The molecule has 0 radical (unpaired) electrons. The Balaban J connectivity index is 1.26. The third-order valence-electron chi connectivity index (χ3n) is 5.40. The Kier molecular flexibility index (Phi) is 6.76. The van der Waals surface area contributed by atoms with E-state index in [2.05, 4.69) is 5.32 Å². The lowest BCUT2D eigenvalue weighted by molar-refractivity contribution is -0.129. The summed E-state index contributed by atoms with van der Waals surface area (Å²) >= 11 is 2.40. The minimum atomic E-state index is -0.429.